The Morgan fingerprint density at radius 1 is 1.36 bits per heavy atom. The SMILES string of the molecule is CCc1cc(F)ccc1CO. The van der Waals surface area contributed by atoms with Crippen molar-refractivity contribution in [3.8, 4) is 0 Å². The monoisotopic (exact) mass is 154 g/mol. The van der Waals surface area contributed by atoms with Crippen LogP contribution in [0.5, 0.6) is 0 Å². The Kier molecular flexibility index (Phi) is 2.60. The highest BCUT2D eigenvalue weighted by Gasteiger charge is 1.99. The zero-order valence-electron chi connectivity index (χ0n) is 6.47. The first-order chi connectivity index (χ1) is 5.27. The summed E-state index contributed by atoms with van der Waals surface area (Å²) in [5, 5.41) is 8.82. The van der Waals surface area contributed by atoms with E-state index >= 15 is 0 Å². The Morgan fingerprint density at radius 2 is 2.09 bits per heavy atom. The fraction of sp³-hybridized carbons (Fsp3) is 0.333. The van der Waals surface area contributed by atoms with Crippen molar-refractivity contribution in [1.29, 1.82) is 0 Å². The van der Waals surface area contributed by atoms with Crippen molar-refractivity contribution in [2.75, 3.05) is 0 Å². The summed E-state index contributed by atoms with van der Waals surface area (Å²) < 4.78 is 12.6. The molecule has 1 aromatic carbocycles. The van der Waals surface area contributed by atoms with E-state index in [1.165, 1.54) is 12.1 Å². The van der Waals surface area contributed by atoms with Crippen molar-refractivity contribution >= 4 is 0 Å². The number of hydrogen-bond acceptors (Lipinski definition) is 1. The number of aryl methyl sites for hydroxylation is 1. The van der Waals surface area contributed by atoms with Crippen LogP contribution in [0, 0.1) is 5.82 Å². The quantitative estimate of drug-likeness (QED) is 0.689. The molecule has 0 aliphatic carbocycles. The highest BCUT2D eigenvalue weighted by Crippen LogP contribution is 2.11. The summed E-state index contributed by atoms with van der Waals surface area (Å²) in [5.74, 6) is -0.237. The second kappa shape index (κ2) is 3.49. The van der Waals surface area contributed by atoms with Gasteiger partial charge in [-0.1, -0.05) is 13.0 Å². The van der Waals surface area contributed by atoms with Crippen molar-refractivity contribution in [2.24, 2.45) is 0 Å². The maximum Gasteiger partial charge on any atom is 0.123 e. The smallest absolute Gasteiger partial charge is 0.123 e. The molecule has 1 aromatic rings. The Balaban J connectivity index is 3.06. The average Bonchev–Trinajstić information content (AvgIpc) is 2.04. The van der Waals surface area contributed by atoms with Gasteiger partial charge in [-0.3, -0.25) is 0 Å². The molecule has 0 amide bonds. The van der Waals surface area contributed by atoms with Gasteiger partial charge in [0, 0.05) is 0 Å². The summed E-state index contributed by atoms with van der Waals surface area (Å²) in [4.78, 5) is 0. The second-order valence-electron chi connectivity index (χ2n) is 2.42. The van der Waals surface area contributed by atoms with E-state index < -0.39 is 0 Å². The number of rotatable bonds is 2. The number of aliphatic hydroxyl groups is 1. The summed E-state index contributed by atoms with van der Waals surface area (Å²) in [5.41, 5.74) is 1.70. The molecule has 2 heteroatoms. The zero-order chi connectivity index (χ0) is 8.27. The highest BCUT2D eigenvalue weighted by atomic mass is 19.1. The Bertz CT molecular complexity index is 245. The summed E-state index contributed by atoms with van der Waals surface area (Å²) in [6.45, 7) is 1.93. The van der Waals surface area contributed by atoms with Gasteiger partial charge in [0.25, 0.3) is 0 Å². The first-order valence-electron chi connectivity index (χ1n) is 3.66. The maximum absolute atomic E-state index is 12.6. The lowest BCUT2D eigenvalue weighted by Crippen LogP contribution is -1.92. The molecule has 0 spiro atoms. The van der Waals surface area contributed by atoms with Crippen molar-refractivity contribution in [3.05, 3.63) is 35.1 Å². The Morgan fingerprint density at radius 3 is 2.64 bits per heavy atom. The van der Waals surface area contributed by atoms with E-state index in [1.54, 1.807) is 6.07 Å². The molecule has 0 unspecified atom stereocenters. The molecule has 0 bridgehead atoms. The second-order valence-corrected chi connectivity index (χ2v) is 2.42. The summed E-state index contributed by atoms with van der Waals surface area (Å²) >= 11 is 0. The van der Waals surface area contributed by atoms with Crippen molar-refractivity contribution in [3.63, 3.8) is 0 Å². The predicted octanol–water partition coefficient (Wildman–Crippen LogP) is 1.88. The van der Waals surface area contributed by atoms with Gasteiger partial charge in [0.1, 0.15) is 5.82 Å². The van der Waals surface area contributed by atoms with Crippen LogP contribution in [0.2, 0.25) is 0 Å². The molecule has 0 aliphatic heterocycles. The van der Waals surface area contributed by atoms with E-state index in [1.807, 2.05) is 6.92 Å². The fourth-order valence-electron chi connectivity index (χ4n) is 1.08. The van der Waals surface area contributed by atoms with E-state index in [0.29, 0.717) is 0 Å². The van der Waals surface area contributed by atoms with Crippen LogP contribution in [-0.2, 0) is 13.0 Å². The molecule has 60 valence electrons. The number of halogens is 1. The van der Waals surface area contributed by atoms with Crippen molar-refractivity contribution < 1.29 is 9.50 Å². The van der Waals surface area contributed by atoms with Gasteiger partial charge in [-0.2, -0.15) is 0 Å². The zero-order valence-corrected chi connectivity index (χ0v) is 6.47. The lowest BCUT2D eigenvalue weighted by molar-refractivity contribution is 0.280. The molecule has 0 saturated heterocycles. The summed E-state index contributed by atoms with van der Waals surface area (Å²) in [7, 11) is 0. The highest BCUT2D eigenvalue weighted by molar-refractivity contribution is 5.27. The van der Waals surface area contributed by atoms with Gasteiger partial charge in [-0.25, -0.2) is 4.39 Å². The van der Waals surface area contributed by atoms with Gasteiger partial charge < -0.3 is 5.11 Å². The number of benzene rings is 1. The summed E-state index contributed by atoms with van der Waals surface area (Å²) in [6.07, 6.45) is 0.758. The first kappa shape index (κ1) is 8.21. The number of hydrogen-bond donors (Lipinski definition) is 1. The minimum Gasteiger partial charge on any atom is -0.392 e. The lowest BCUT2D eigenvalue weighted by atomic mass is 10.1. The molecular weight excluding hydrogens is 143 g/mol. The van der Waals surface area contributed by atoms with Crippen LogP contribution >= 0.6 is 0 Å². The molecule has 11 heavy (non-hydrogen) atoms. The normalized spacial score (nSPS) is 10.1. The molecule has 0 heterocycles. The van der Waals surface area contributed by atoms with Crippen LogP contribution in [0.3, 0.4) is 0 Å². The molecule has 0 saturated carbocycles. The third-order valence-electron chi connectivity index (χ3n) is 1.72. The lowest BCUT2D eigenvalue weighted by Gasteiger charge is -2.03. The van der Waals surface area contributed by atoms with Gasteiger partial charge in [0.15, 0.2) is 0 Å². The summed E-state index contributed by atoms with van der Waals surface area (Å²) in [6, 6.07) is 4.45. The number of aliphatic hydroxyl groups excluding tert-OH is 1. The molecule has 0 atom stereocenters. The van der Waals surface area contributed by atoms with E-state index in [4.69, 9.17) is 5.11 Å². The van der Waals surface area contributed by atoms with Crippen LogP contribution in [0.25, 0.3) is 0 Å². The van der Waals surface area contributed by atoms with Gasteiger partial charge >= 0.3 is 0 Å². The van der Waals surface area contributed by atoms with Crippen LogP contribution in [0.4, 0.5) is 4.39 Å². The fourth-order valence-corrected chi connectivity index (χ4v) is 1.08. The van der Waals surface area contributed by atoms with Crippen LogP contribution < -0.4 is 0 Å². The van der Waals surface area contributed by atoms with Crippen LogP contribution in [0.1, 0.15) is 18.1 Å². The topological polar surface area (TPSA) is 20.2 Å². The average molecular weight is 154 g/mol. The van der Waals surface area contributed by atoms with Crippen LogP contribution in [-0.4, -0.2) is 5.11 Å². The molecule has 1 nitrogen and oxygen atoms in total. The standard InChI is InChI=1S/C9H11FO/c1-2-7-5-9(10)4-3-8(7)6-11/h3-5,11H,2,6H2,1H3. The third-order valence-corrected chi connectivity index (χ3v) is 1.72. The Hall–Kier alpha value is -0.890. The molecular formula is C9H11FO. The van der Waals surface area contributed by atoms with Crippen molar-refractivity contribution in [2.45, 2.75) is 20.0 Å². The van der Waals surface area contributed by atoms with Crippen LogP contribution in [0.15, 0.2) is 18.2 Å². The molecule has 1 N–H and O–H groups in total. The van der Waals surface area contributed by atoms with E-state index in [-0.39, 0.29) is 12.4 Å². The molecule has 1 rings (SSSR count). The van der Waals surface area contributed by atoms with Gasteiger partial charge in [0.05, 0.1) is 6.61 Å². The predicted molar refractivity (Wildman–Crippen MR) is 41.7 cm³/mol. The first-order valence-corrected chi connectivity index (χ1v) is 3.66. The largest absolute Gasteiger partial charge is 0.392 e. The molecule has 0 aliphatic rings. The van der Waals surface area contributed by atoms with Gasteiger partial charge in [0.2, 0.25) is 0 Å². The third kappa shape index (κ3) is 1.77. The Labute approximate surface area is 65.5 Å². The minimum atomic E-state index is -0.237. The molecule has 0 aromatic heterocycles. The van der Waals surface area contributed by atoms with Gasteiger partial charge in [-0.05, 0) is 29.7 Å². The molecule has 0 fully saturated rings. The van der Waals surface area contributed by atoms with Gasteiger partial charge in [-0.15, -0.1) is 0 Å². The minimum absolute atomic E-state index is 0.0105. The van der Waals surface area contributed by atoms with E-state index in [9.17, 15) is 4.39 Å². The van der Waals surface area contributed by atoms with E-state index in [0.717, 1.165) is 17.5 Å². The molecule has 0 radical (unpaired) electrons. The van der Waals surface area contributed by atoms with E-state index in [2.05, 4.69) is 0 Å². The van der Waals surface area contributed by atoms with Crippen molar-refractivity contribution in [1.82, 2.24) is 0 Å². The maximum atomic E-state index is 12.6.